The van der Waals surface area contributed by atoms with Gasteiger partial charge in [-0.15, -0.1) is 0 Å². The summed E-state index contributed by atoms with van der Waals surface area (Å²) < 4.78 is 3.81. The predicted molar refractivity (Wildman–Crippen MR) is 102 cm³/mol. The zero-order chi connectivity index (χ0) is 18.4. The molecule has 27 heavy (non-hydrogen) atoms. The highest BCUT2D eigenvalue weighted by Crippen LogP contribution is 2.26. The molecular weight excluding hydrogens is 344 g/mol. The van der Waals surface area contributed by atoms with Crippen LogP contribution in [0.1, 0.15) is 6.92 Å². The molecule has 0 aliphatic carbocycles. The topological polar surface area (TPSA) is 93.7 Å². The molecule has 4 aromatic heterocycles. The second-order valence-electron chi connectivity index (χ2n) is 6.58. The number of hydrogen-bond donors (Lipinski definition) is 0. The van der Waals surface area contributed by atoms with E-state index in [1.165, 1.54) is 0 Å². The molecule has 0 unspecified atom stereocenters. The summed E-state index contributed by atoms with van der Waals surface area (Å²) in [7, 11) is 1.90. The first-order valence-electron chi connectivity index (χ1n) is 9.04. The van der Waals surface area contributed by atoms with Crippen LogP contribution in [0, 0.1) is 0 Å². The van der Waals surface area contributed by atoms with Gasteiger partial charge in [0.15, 0.2) is 22.6 Å². The fourth-order valence-corrected chi connectivity index (χ4v) is 3.66. The van der Waals surface area contributed by atoms with Gasteiger partial charge in [0.1, 0.15) is 18.5 Å². The molecule has 0 aromatic carbocycles. The van der Waals surface area contributed by atoms with E-state index in [0.29, 0.717) is 0 Å². The zero-order valence-corrected chi connectivity index (χ0v) is 15.3. The van der Waals surface area contributed by atoms with Crippen LogP contribution in [0.3, 0.4) is 0 Å². The zero-order valence-electron chi connectivity index (χ0n) is 15.3. The highest BCUT2D eigenvalue weighted by Gasteiger charge is 2.24. The second kappa shape index (κ2) is 6.15. The smallest absolute Gasteiger partial charge is 0.165 e. The van der Waals surface area contributed by atoms with E-state index in [1.807, 2.05) is 24.1 Å². The van der Waals surface area contributed by atoms with Gasteiger partial charge in [-0.05, 0) is 6.92 Å². The van der Waals surface area contributed by atoms with Crippen LogP contribution in [0.5, 0.6) is 0 Å². The first-order chi connectivity index (χ1) is 13.3. The Morgan fingerprint density at radius 2 is 1.52 bits per heavy atom. The first kappa shape index (κ1) is 15.9. The van der Waals surface area contributed by atoms with Crippen molar-refractivity contribution in [3.63, 3.8) is 0 Å². The van der Waals surface area contributed by atoms with Gasteiger partial charge in [-0.1, -0.05) is 0 Å². The molecule has 1 aliphatic rings. The van der Waals surface area contributed by atoms with Gasteiger partial charge < -0.3 is 14.4 Å². The SMILES string of the molecule is CCn1cnc2c(N3CCN(c4ncnc5c4cnn5C)CC3)ncnc21. The number of hydrogen-bond acceptors (Lipinski definition) is 8. The summed E-state index contributed by atoms with van der Waals surface area (Å²) in [6, 6.07) is 0. The minimum absolute atomic E-state index is 0.843. The average molecular weight is 364 g/mol. The number of aryl methyl sites for hydroxylation is 2. The van der Waals surface area contributed by atoms with Crippen molar-refractivity contribution in [1.82, 2.24) is 39.3 Å². The molecule has 5 rings (SSSR count). The number of nitrogens with zero attached hydrogens (tertiary/aromatic N) is 10. The maximum absolute atomic E-state index is 4.54. The van der Waals surface area contributed by atoms with Crippen molar-refractivity contribution in [2.75, 3.05) is 36.0 Å². The third-order valence-electron chi connectivity index (χ3n) is 5.11. The monoisotopic (exact) mass is 364 g/mol. The molecule has 0 saturated carbocycles. The van der Waals surface area contributed by atoms with Crippen LogP contribution in [-0.4, -0.2) is 65.4 Å². The molecule has 1 aliphatic heterocycles. The summed E-state index contributed by atoms with van der Waals surface area (Å²) >= 11 is 0. The third kappa shape index (κ3) is 2.47. The number of anilines is 2. The summed E-state index contributed by atoms with van der Waals surface area (Å²) in [5, 5.41) is 5.29. The van der Waals surface area contributed by atoms with Crippen molar-refractivity contribution in [2.24, 2.45) is 7.05 Å². The van der Waals surface area contributed by atoms with E-state index < -0.39 is 0 Å². The molecule has 0 bridgehead atoms. The quantitative estimate of drug-likeness (QED) is 0.528. The van der Waals surface area contributed by atoms with E-state index in [0.717, 1.165) is 66.6 Å². The first-order valence-corrected chi connectivity index (χ1v) is 9.04. The molecule has 0 atom stereocenters. The van der Waals surface area contributed by atoms with Gasteiger partial charge in [0.2, 0.25) is 0 Å². The second-order valence-corrected chi connectivity index (χ2v) is 6.58. The lowest BCUT2D eigenvalue weighted by atomic mass is 10.2. The molecule has 10 nitrogen and oxygen atoms in total. The number of imidazole rings is 1. The van der Waals surface area contributed by atoms with E-state index in [2.05, 4.69) is 46.7 Å². The Bertz CT molecular complexity index is 1110. The van der Waals surface area contributed by atoms with Gasteiger partial charge in [0.25, 0.3) is 0 Å². The van der Waals surface area contributed by atoms with Crippen molar-refractivity contribution in [3.05, 3.63) is 25.2 Å². The lowest BCUT2D eigenvalue weighted by Gasteiger charge is -2.36. The van der Waals surface area contributed by atoms with Gasteiger partial charge in [0, 0.05) is 39.8 Å². The largest absolute Gasteiger partial charge is 0.352 e. The fourth-order valence-electron chi connectivity index (χ4n) is 3.66. The summed E-state index contributed by atoms with van der Waals surface area (Å²) in [6.07, 6.45) is 6.90. The Hall–Kier alpha value is -3.30. The fraction of sp³-hybridized carbons (Fsp3) is 0.412. The Kier molecular flexibility index (Phi) is 3.62. The molecule has 0 spiro atoms. The molecule has 4 aromatic rings. The number of aromatic nitrogens is 8. The minimum Gasteiger partial charge on any atom is -0.352 e. The van der Waals surface area contributed by atoms with E-state index in [-0.39, 0.29) is 0 Å². The van der Waals surface area contributed by atoms with Crippen LogP contribution >= 0.6 is 0 Å². The predicted octanol–water partition coefficient (Wildman–Crippen LogP) is 0.849. The molecular formula is C17H20N10. The van der Waals surface area contributed by atoms with Crippen molar-refractivity contribution in [3.8, 4) is 0 Å². The van der Waals surface area contributed by atoms with E-state index in [9.17, 15) is 0 Å². The molecule has 138 valence electrons. The van der Waals surface area contributed by atoms with Crippen LogP contribution in [0.15, 0.2) is 25.2 Å². The van der Waals surface area contributed by atoms with Gasteiger partial charge >= 0.3 is 0 Å². The average Bonchev–Trinajstić information content (AvgIpc) is 3.31. The Morgan fingerprint density at radius 3 is 2.26 bits per heavy atom. The number of fused-ring (bicyclic) bond motifs is 2. The molecule has 0 N–H and O–H groups in total. The minimum atomic E-state index is 0.843. The van der Waals surface area contributed by atoms with Crippen molar-refractivity contribution >= 4 is 33.8 Å². The Balaban J connectivity index is 1.41. The molecule has 0 radical (unpaired) electrons. The van der Waals surface area contributed by atoms with Crippen LogP contribution in [0.2, 0.25) is 0 Å². The van der Waals surface area contributed by atoms with E-state index >= 15 is 0 Å². The summed E-state index contributed by atoms with van der Waals surface area (Å²) in [5.74, 6) is 1.84. The van der Waals surface area contributed by atoms with Gasteiger partial charge in [0.05, 0.1) is 17.9 Å². The number of piperazine rings is 1. The Labute approximate surface area is 155 Å². The lowest BCUT2D eigenvalue weighted by molar-refractivity contribution is 0.644. The van der Waals surface area contributed by atoms with Crippen molar-refractivity contribution < 1.29 is 0 Å². The van der Waals surface area contributed by atoms with Crippen molar-refractivity contribution in [2.45, 2.75) is 13.5 Å². The summed E-state index contributed by atoms with van der Waals surface area (Å²) in [5.41, 5.74) is 2.60. The van der Waals surface area contributed by atoms with Gasteiger partial charge in [-0.25, -0.2) is 24.9 Å². The highest BCUT2D eigenvalue weighted by atomic mass is 15.3. The standard InChI is InChI=1S/C17H20N10/c1-3-25-11-22-13-16(25)20-10-21-17(13)27-6-4-26(5-7-27)15-12-8-23-24(2)14(12)18-9-19-15/h8-11H,3-7H2,1-2H3. The third-order valence-corrected chi connectivity index (χ3v) is 5.11. The Morgan fingerprint density at radius 1 is 0.852 bits per heavy atom. The highest BCUT2D eigenvalue weighted by molar-refractivity contribution is 5.87. The maximum atomic E-state index is 4.54. The van der Waals surface area contributed by atoms with E-state index in [1.54, 1.807) is 17.3 Å². The number of rotatable bonds is 3. The van der Waals surface area contributed by atoms with E-state index in [4.69, 9.17) is 0 Å². The summed E-state index contributed by atoms with van der Waals surface area (Å²) in [6.45, 7) is 6.31. The van der Waals surface area contributed by atoms with Crippen molar-refractivity contribution in [1.29, 1.82) is 0 Å². The molecule has 1 fully saturated rings. The van der Waals surface area contributed by atoms with Gasteiger partial charge in [-0.2, -0.15) is 5.10 Å². The lowest BCUT2D eigenvalue weighted by Crippen LogP contribution is -2.47. The normalized spacial score (nSPS) is 15.2. The molecule has 5 heterocycles. The van der Waals surface area contributed by atoms with Crippen LogP contribution in [0.4, 0.5) is 11.6 Å². The molecule has 0 amide bonds. The van der Waals surface area contributed by atoms with Crippen LogP contribution in [-0.2, 0) is 13.6 Å². The summed E-state index contributed by atoms with van der Waals surface area (Å²) in [4.78, 5) is 26.8. The van der Waals surface area contributed by atoms with Gasteiger partial charge in [-0.3, -0.25) is 4.68 Å². The van der Waals surface area contributed by atoms with Crippen LogP contribution < -0.4 is 9.80 Å². The molecule has 1 saturated heterocycles. The van der Waals surface area contributed by atoms with Crippen LogP contribution in [0.25, 0.3) is 22.2 Å². The maximum Gasteiger partial charge on any atom is 0.165 e. The molecule has 10 heteroatoms.